The van der Waals surface area contributed by atoms with Crippen LogP contribution in [0.1, 0.15) is 33.1 Å². The number of hydrogen-bond acceptors (Lipinski definition) is 3. The van der Waals surface area contributed by atoms with Crippen LogP contribution in [0.15, 0.2) is 34.9 Å². The normalized spacial score (nSPS) is 15.9. The van der Waals surface area contributed by atoms with Crippen LogP contribution in [0.25, 0.3) is 10.9 Å². The average molecular weight is 390 g/mol. The Hall–Kier alpha value is -1.62. The number of rotatable bonds is 4. The van der Waals surface area contributed by atoms with Gasteiger partial charge < -0.3 is 10.2 Å². The fraction of sp³-hybridized carbons (Fsp3) is 0.474. The van der Waals surface area contributed by atoms with Crippen LogP contribution >= 0.6 is 15.9 Å². The molecule has 1 aliphatic rings. The highest BCUT2D eigenvalue weighted by molar-refractivity contribution is 9.10. The number of amides is 1. The predicted octanol–water partition coefficient (Wildman–Crippen LogP) is 4.45. The molecule has 0 bridgehead atoms. The van der Waals surface area contributed by atoms with Crippen molar-refractivity contribution in [1.82, 2.24) is 9.88 Å². The third-order valence-electron chi connectivity index (χ3n) is 4.51. The van der Waals surface area contributed by atoms with Crippen LogP contribution in [0, 0.1) is 5.92 Å². The van der Waals surface area contributed by atoms with Crippen molar-refractivity contribution in [3.63, 3.8) is 0 Å². The van der Waals surface area contributed by atoms with Crippen molar-refractivity contribution in [2.75, 3.05) is 18.4 Å². The fourth-order valence-corrected chi connectivity index (χ4v) is 3.71. The van der Waals surface area contributed by atoms with Crippen LogP contribution in [0.3, 0.4) is 0 Å². The van der Waals surface area contributed by atoms with E-state index in [1.54, 1.807) is 0 Å². The first-order valence-electron chi connectivity index (χ1n) is 8.62. The van der Waals surface area contributed by atoms with E-state index < -0.39 is 0 Å². The summed E-state index contributed by atoms with van der Waals surface area (Å²) in [7, 11) is 0. The second-order valence-electron chi connectivity index (χ2n) is 6.89. The second kappa shape index (κ2) is 7.51. The summed E-state index contributed by atoms with van der Waals surface area (Å²) in [6.45, 7) is 5.88. The highest BCUT2D eigenvalue weighted by Crippen LogP contribution is 2.28. The summed E-state index contributed by atoms with van der Waals surface area (Å²) in [5, 5.41) is 4.78. The molecule has 1 aromatic carbocycles. The Morgan fingerprint density at radius 2 is 2.08 bits per heavy atom. The summed E-state index contributed by atoms with van der Waals surface area (Å²) in [5.74, 6) is 0.719. The zero-order valence-corrected chi connectivity index (χ0v) is 15.8. The standard InChI is InChI=1S/C19H24BrN3O/c1-13(2)12-18(24)23-10-7-14(8-11-23)22-17-6-9-21-19-15(17)4-3-5-16(19)20/h3-6,9,13-14H,7-8,10-12H2,1-2H3,(H,21,22). The van der Waals surface area contributed by atoms with Gasteiger partial charge in [0.25, 0.3) is 0 Å². The lowest BCUT2D eigenvalue weighted by Crippen LogP contribution is -2.42. The minimum atomic E-state index is 0.293. The summed E-state index contributed by atoms with van der Waals surface area (Å²) in [6.07, 6.45) is 4.47. The number of hydrogen-bond donors (Lipinski definition) is 1. The lowest BCUT2D eigenvalue weighted by molar-refractivity contribution is -0.132. The molecule has 0 atom stereocenters. The molecule has 0 radical (unpaired) electrons. The second-order valence-corrected chi connectivity index (χ2v) is 7.75. The Balaban J connectivity index is 1.65. The maximum atomic E-state index is 12.2. The summed E-state index contributed by atoms with van der Waals surface area (Å²) in [6, 6.07) is 8.57. The Labute approximate surface area is 151 Å². The molecule has 1 amide bonds. The first-order chi connectivity index (χ1) is 11.5. The first-order valence-corrected chi connectivity index (χ1v) is 9.41. The summed E-state index contributed by atoms with van der Waals surface area (Å²) in [5.41, 5.74) is 2.10. The van der Waals surface area contributed by atoms with Gasteiger partial charge in [-0.1, -0.05) is 26.0 Å². The van der Waals surface area contributed by atoms with Crippen LogP contribution < -0.4 is 5.32 Å². The Morgan fingerprint density at radius 1 is 1.33 bits per heavy atom. The van der Waals surface area contributed by atoms with E-state index in [0.29, 0.717) is 24.3 Å². The molecule has 0 saturated carbocycles. The number of nitrogens with zero attached hydrogens (tertiary/aromatic N) is 2. The van der Waals surface area contributed by atoms with Crippen molar-refractivity contribution < 1.29 is 4.79 Å². The van der Waals surface area contributed by atoms with Gasteiger partial charge in [-0.15, -0.1) is 0 Å². The number of carbonyl (C=O) groups is 1. The van der Waals surface area contributed by atoms with Crippen molar-refractivity contribution in [2.24, 2.45) is 5.92 Å². The van der Waals surface area contributed by atoms with Crippen molar-refractivity contribution in [3.05, 3.63) is 34.9 Å². The number of benzene rings is 1. The summed E-state index contributed by atoms with van der Waals surface area (Å²) in [4.78, 5) is 18.6. The largest absolute Gasteiger partial charge is 0.382 e. The monoisotopic (exact) mass is 389 g/mol. The minimum absolute atomic E-state index is 0.293. The van der Waals surface area contributed by atoms with Gasteiger partial charge in [-0.25, -0.2) is 0 Å². The van der Waals surface area contributed by atoms with E-state index in [1.807, 2.05) is 29.3 Å². The predicted molar refractivity (Wildman–Crippen MR) is 102 cm³/mol. The number of aromatic nitrogens is 1. The van der Waals surface area contributed by atoms with Gasteiger partial charge in [-0.05, 0) is 46.8 Å². The van der Waals surface area contributed by atoms with Gasteiger partial charge >= 0.3 is 0 Å². The molecule has 3 rings (SSSR count). The summed E-state index contributed by atoms with van der Waals surface area (Å²) < 4.78 is 1.01. The molecule has 0 aliphatic carbocycles. The van der Waals surface area contributed by atoms with Crippen molar-refractivity contribution >= 4 is 38.4 Å². The third kappa shape index (κ3) is 3.89. The van der Waals surface area contributed by atoms with E-state index in [9.17, 15) is 4.79 Å². The van der Waals surface area contributed by atoms with E-state index in [1.165, 1.54) is 0 Å². The molecule has 5 heteroatoms. The molecule has 1 saturated heterocycles. The van der Waals surface area contributed by atoms with Gasteiger partial charge in [0, 0.05) is 47.3 Å². The van der Waals surface area contributed by atoms with Gasteiger partial charge in [0.1, 0.15) is 0 Å². The number of anilines is 1. The molecule has 2 heterocycles. The molecule has 128 valence electrons. The van der Waals surface area contributed by atoms with Gasteiger partial charge in [0.15, 0.2) is 0 Å². The summed E-state index contributed by atoms with van der Waals surface area (Å²) >= 11 is 3.57. The molecular formula is C19H24BrN3O. The number of pyridine rings is 1. The van der Waals surface area contributed by atoms with Gasteiger partial charge in [0.2, 0.25) is 5.91 Å². The topological polar surface area (TPSA) is 45.2 Å². The van der Waals surface area contributed by atoms with Gasteiger partial charge in [-0.3, -0.25) is 9.78 Å². The SMILES string of the molecule is CC(C)CC(=O)N1CCC(Nc2ccnc3c(Br)cccc23)CC1. The number of halogens is 1. The number of para-hydroxylation sites is 1. The number of carbonyl (C=O) groups excluding carboxylic acids is 1. The van der Waals surface area contributed by atoms with Gasteiger partial charge in [0.05, 0.1) is 5.52 Å². The Bertz CT molecular complexity index is 724. The molecule has 1 aromatic heterocycles. The molecule has 0 unspecified atom stereocenters. The first kappa shape index (κ1) is 17.2. The number of piperidine rings is 1. The molecular weight excluding hydrogens is 366 g/mol. The van der Waals surface area contributed by atoms with Crippen LogP contribution in [-0.2, 0) is 4.79 Å². The third-order valence-corrected chi connectivity index (χ3v) is 5.15. The minimum Gasteiger partial charge on any atom is -0.382 e. The van der Waals surface area contributed by atoms with Crippen LogP contribution in [0.2, 0.25) is 0 Å². The zero-order chi connectivity index (χ0) is 17.1. The highest BCUT2D eigenvalue weighted by atomic mass is 79.9. The zero-order valence-electron chi connectivity index (χ0n) is 14.3. The molecule has 1 aliphatic heterocycles. The lowest BCUT2D eigenvalue weighted by Gasteiger charge is -2.33. The van der Waals surface area contributed by atoms with Gasteiger partial charge in [-0.2, -0.15) is 0 Å². The average Bonchev–Trinajstić information content (AvgIpc) is 2.56. The fourth-order valence-electron chi connectivity index (χ4n) is 3.24. The van der Waals surface area contributed by atoms with Crippen molar-refractivity contribution in [2.45, 2.75) is 39.2 Å². The molecule has 24 heavy (non-hydrogen) atoms. The number of likely N-dealkylation sites (tertiary alicyclic amines) is 1. The van der Waals surface area contributed by atoms with E-state index in [-0.39, 0.29) is 0 Å². The molecule has 0 spiro atoms. The van der Waals surface area contributed by atoms with Crippen molar-refractivity contribution in [1.29, 1.82) is 0 Å². The Morgan fingerprint density at radius 3 is 2.79 bits per heavy atom. The molecule has 4 nitrogen and oxygen atoms in total. The Kier molecular flexibility index (Phi) is 5.39. The number of nitrogens with one attached hydrogen (secondary N) is 1. The maximum Gasteiger partial charge on any atom is 0.222 e. The van der Waals surface area contributed by atoms with Crippen molar-refractivity contribution in [3.8, 4) is 0 Å². The smallest absolute Gasteiger partial charge is 0.222 e. The van der Waals surface area contributed by atoms with Crippen LogP contribution in [-0.4, -0.2) is 34.9 Å². The molecule has 1 fully saturated rings. The highest BCUT2D eigenvalue weighted by Gasteiger charge is 2.23. The lowest BCUT2D eigenvalue weighted by atomic mass is 10.0. The molecule has 2 aromatic rings. The quantitative estimate of drug-likeness (QED) is 0.839. The van der Waals surface area contributed by atoms with Crippen LogP contribution in [0.5, 0.6) is 0 Å². The van der Waals surface area contributed by atoms with E-state index in [4.69, 9.17) is 0 Å². The number of fused-ring (bicyclic) bond motifs is 1. The van der Waals surface area contributed by atoms with Crippen LogP contribution in [0.4, 0.5) is 5.69 Å². The van der Waals surface area contributed by atoms with E-state index >= 15 is 0 Å². The van der Waals surface area contributed by atoms with E-state index in [2.05, 4.69) is 46.1 Å². The molecule has 1 N–H and O–H groups in total. The maximum absolute atomic E-state index is 12.2. The van der Waals surface area contributed by atoms with E-state index in [0.717, 1.165) is 47.0 Å².